The summed E-state index contributed by atoms with van der Waals surface area (Å²) in [6, 6.07) is 0.719. The minimum absolute atomic E-state index is 0. The molecule has 0 aromatic carbocycles. The molecule has 3 nitrogen and oxygen atoms in total. The molecule has 0 aliphatic carbocycles. The Kier molecular flexibility index (Phi) is 5.77. The first kappa shape index (κ1) is 15.7. The lowest BCUT2D eigenvalue weighted by molar-refractivity contribution is -0.136. The third-order valence-electron chi connectivity index (χ3n) is 3.04. The lowest BCUT2D eigenvalue weighted by atomic mass is 9.91. The van der Waals surface area contributed by atoms with Crippen LogP contribution in [0.25, 0.3) is 0 Å². The molecule has 0 bridgehead atoms. The van der Waals surface area contributed by atoms with Gasteiger partial charge in [0.1, 0.15) is 0 Å². The Morgan fingerprint density at radius 2 is 1.94 bits per heavy atom. The summed E-state index contributed by atoms with van der Waals surface area (Å²) in [6.45, 7) is 12.4. The molecule has 1 amide bonds. The fraction of sp³-hybridized carbons (Fsp3) is 0.917. The predicted molar refractivity (Wildman–Crippen MR) is 70.0 cm³/mol. The number of piperazine rings is 1. The summed E-state index contributed by atoms with van der Waals surface area (Å²) in [5.41, 5.74) is 0.0882. The second-order valence-electron chi connectivity index (χ2n) is 5.81. The molecule has 0 spiro atoms. The van der Waals surface area contributed by atoms with E-state index in [0.717, 1.165) is 13.1 Å². The summed E-state index contributed by atoms with van der Waals surface area (Å²) in [7, 11) is 0. The molecule has 2 atom stereocenters. The maximum absolute atomic E-state index is 12.1. The lowest BCUT2D eigenvalue weighted by Crippen LogP contribution is -2.57. The van der Waals surface area contributed by atoms with Gasteiger partial charge in [0.15, 0.2) is 0 Å². The second-order valence-corrected chi connectivity index (χ2v) is 5.81. The van der Waals surface area contributed by atoms with Crippen LogP contribution in [0.5, 0.6) is 0 Å². The van der Waals surface area contributed by atoms with Crippen molar-refractivity contribution in [3.63, 3.8) is 0 Å². The summed E-state index contributed by atoms with van der Waals surface area (Å²) in [4.78, 5) is 14.1. The van der Waals surface area contributed by atoms with Crippen LogP contribution >= 0.6 is 12.4 Å². The van der Waals surface area contributed by atoms with Gasteiger partial charge in [0.05, 0.1) is 0 Å². The molecule has 0 aromatic heterocycles. The molecular formula is C12H25ClN2O. The zero-order valence-corrected chi connectivity index (χ0v) is 11.9. The first-order valence-corrected chi connectivity index (χ1v) is 5.84. The SMILES string of the molecule is CC1NCCN(C(=O)CC(C)(C)C)C1C.Cl. The highest BCUT2D eigenvalue weighted by atomic mass is 35.5. The molecule has 0 aromatic rings. The number of amides is 1. The molecule has 16 heavy (non-hydrogen) atoms. The molecule has 0 saturated carbocycles. The summed E-state index contributed by atoms with van der Waals surface area (Å²) >= 11 is 0. The third kappa shape index (κ3) is 4.30. The summed E-state index contributed by atoms with van der Waals surface area (Å²) in [5, 5.41) is 3.39. The molecule has 1 heterocycles. The van der Waals surface area contributed by atoms with E-state index < -0.39 is 0 Å². The molecule has 1 fully saturated rings. The number of hydrogen-bond donors (Lipinski definition) is 1. The van der Waals surface area contributed by atoms with Gasteiger partial charge in [-0.3, -0.25) is 4.79 Å². The van der Waals surface area contributed by atoms with Crippen molar-refractivity contribution in [2.45, 2.75) is 53.1 Å². The number of nitrogens with one attached hydrogen (secondary N) is 1. The van der Waals surface area contributed by atoms with Gasteiger partial charge in [0, 0.05) is 31.6 Å². The highest BCUT2D eigenvalue weighted by molar-refractivity contribution is 5.85. The Labute approximate surface area is 105 Å². The zero-order chi connectivity index (χ0) is 11.6. The van der Waals surface area contributed by atoms with Gasteiger partial charge < -0.3 is 10.2 Å². The second kappa shape index (κ2) is 5.87. The van der Waals surface area contributed by atoms with Crippen LogP contribution in [0.3, 0.4) is 0 Å². The third-order valence-corrected chi connectivity index (χ3v) is 3.04. The predicted octanol–water partition coefficient (Wildman–Crippen LogP) is 2.05. The van der Waals surface area contributed by atoms with Crippen LogP contribution in [0.15, 0.2) is 0 Å². The van der Waals surface area contributed by atoms with E-state index >= 15 is 0 Å². The lowest BCUT2D eigenvalue weighted by Gasteiger charge is -2.39. The van der Waals surface area contributed by atoms with E-state index in [1.165, 1.54) is 0 Å². The van der Waals surface area contributed by atoms with Crippen molar-refractivity contribution in [3.05, 3.63) is 0 Å². The van der Waals surface area contributed by atoms with E-state index in [4.69, 9.17) is 0 Å². The topological polar surface area (TPSA) is 32.3 Å². The number of halogens is 1. The van der Waals surface area contributed by atoms with Crippen molar-refractivity contribution in [2.75, 3.05) is 13.1 Å². The van der Waals surface area contributed by atoms with Gasteiger partial charge in [0.25, 0.3) is 0 Å². The van der Waals surface area contributed by atoms with E-state index in [1.54, 1.807) is 0 Å². The van der Waals surface area contributed by atoms with E-state index in [1.807, 2.05) is 4.90 Å². The van der Waals surface area contributed by atoms with E-state index in [0.29, 0.717) is 24.4 Å². The van der Waals surface area contributed by atoms with Crippen LogP contribution in [0.1, 0.15) is 41.0 Å². The smallest absolute Gasteiger partial charge is 0.223 e. The van der Waals surface area contributed by atoms with Crippen LogP contribution in [0, 0.1) is 5.41 Å². The van der Waals surface area contributed by atoms with E-state index in [2.05, 4.69) is 39.9 Å². The minimum Gasteiger partial charge on any atom is -0.337 e. The summed E-state index contributed by atoms with van der Waals surface area (Å²) < 4.78 is 0. The standard InChI is InChI=1S/C12H24N2O.ClH/c1-9-10(2)14(7-6-13-9)11(15)8-12(3,4)5;/h9-10,13H,6-8H2,1-5H3;1H. The Morgan fingerprint density at radius 1 is 1.38 bits per heavy atom. The van der Waals surface area contributed by atoms with Crippen molar-refractivity contribution in [1.29, 1.82) is 0 Å². The van der Waals surface area contributed by atoms with Gasteiger partial charge in [-0.25, -0.2) is 0 Å². The van der Waals surface area contributed by atoms with Gasteiger partial charge in [-0.2, -0.15) is 0 Å². The fourth-order valence-electron chi connectivity index (χ4n) is 1.96. The highest BCUT2D eigenvalue weighted by Crippen LogP contribution is 2.21. The number of carbonyl (C=O) groups is 1. The van der Waals surface area contributed by atoms with Crippen molar-refractivity contribution in [1.82, 2.24) is 10.2 Å². The average molecular weight is 249 g/mol. The molecule has 0 radical (unpaired) electrons. The minimum atomic E-state index is 0. The molecule has 1 N–H and O–H groups in total. The van der Waals surface area contributed by atoms with Crippen LogP contribution in [0.2, 0.25) is 0 Å². The van der Waals surface area contributed by atoms with Gasteiger partial charge in [-0.15, -0.1) is 12.4 Å². The Bertz CT molecular complexity index is 238. The Hall–Kier alpha value is -0.280. The average Bonchev–Trinajstić information content (AvgIpc) is 2.06. The molecule has 2 unspecified atom stereocenters. The fourth-order valence-corrected chi connectivity index (χ4v) is 1.96. The summed E-state index contributed by atoms with van der Waals surface area (Å²) in [5.74, 6) is 0.295. The number of carbonyl (C=O) groups excluding carboxylic acids is 1. The quantitative estimate of drug-likeness (QED) is 0.771. The number of rotatable bonds is 1. The van der Waals surface area contributed by atoms with Crippen molar-refractivity contribution in [2.24, 2.45) is 5.41 Å². The van der Waals surface area contributed by atoms with Gasteiger partial charge in [-0.05, 0) is 19.3 Å². The highest BCUT2D eigenvalue weighted by Gasteiger charge is 2.29. The van der Waals surface area contributed by atoms with Gasteiger partial charge >= 0.3 is 0 Å². The maximum Gasteiger partial charge on any atom is 0.223 e. The van der Waals surface area contributed by atoms with Gasteiger partial charge in [0.2, 0.25) is 5.91 Å². The van der Waals surface area contributed by atoms with Crippen molar-refractivity contribution in [3.8, 4) is 0 Å². The Balaban J connectivity index is 0.00000225. The first-order valence-electron chi connectivity index (χ1n) is 5.84. The molecular weight excluding hydrogens is 224 g/mol. The van der Waals surface area contributed by atoms with Gasteiger partial charge in [-0.1, -0.05) is 20.8 Å². The first-order chi connectivity index (χ1) is 6.81. The van der Waals surface area contributed by atoms with E-state index in [-0.39, 0.29) is 17.8 Å². The molecule has 1 saturated heterocycles. The normalized spacial score (nSPS) is 26.2. The van der Waals surface area contributed by atoms with Crippen molar-refractivity contribution < 1.29 is 4.79 Å². The largest absolute Gasteiger partial charge is 0.337 e. The zero-order valence-electron chi connectivity index (χ0n) is 11.0. The number of hydrogen-bond acceptors (Lipinski definition) is 2. The summed E-state index contributed by atoms with van der Waals surface area (Å²) in [6.07, 6.45) is 0.643. The number of nitrogens with zero attached hydrogens (tertiary/aromatic N) is 1. The molecule has 96 valence electrons. The molecule has 4 heteroatoms. The van der Waals surface area contributed by atoms with Crippen molar-refractivity contribution >= 4 is 18.3 Å². The van der Waals surface area contributed by atoms with Crippen LogP contribution in [-0.2, 0) is 4.79 Å². The van der Waals surface area contributed by atoms with Crippen LogP contribution < -0.4 is 5.32 Å². The maximum atomic E-state index is 12.1. The monoisotopic (exact) mass is 248 g/mol. The Morgan fingerprint density at radius 3 is 2.44 bits per heavy atom. The van der Waals surface area contributed by atoms with Crippen LogP contribution in [-0.4, -0.2) is 36.0 Å². The van der Waals surface area contributed by atoms with E-state index in [9.17, 15) is 4.79 Å². The molecule has 1 aliphatic rings. The molecule has 1 aliphatic heterocycles. The van der Waals surface area contributed by atoms with Crippen LogP contribution in [0.4, 0.5) is 0 Å². The molecule has 1 rings (SSSR count).